The van der Waals surface area contributed by atoms with Gasteiger partial charge in [-0.05, 0) is 19.4 Å². The molecule has 116 valence electrons. The van der Waals surface area contributed by atoms with Gasteiger partial charge in [0.25, 0.3) is 5.91 Å². The summed E-state index contributed by atoms with van der Waals surface area (Å²) in [6.45, 7) is 2.22. The molecule has 0 bridgehead atoms. The second kappa shape index (κ2) is 5.32. The number of fused-ring (bicyclic) bond motifs is 1. The molecular weight excluding hydrogens is 304 g/mol. The smallest absolute Gasteiger partial charge is 0.308 e. The van der Waals surface area contributed by atoms with E-state index in [2.05, 4.69) is 0 Å². The van der Waals surface area contributed by atoms with E-state index in [4.69, 9.17) is 11.6 Å². The molecule has 5 nitrogen and oxygen atoms in total. The Morgan fingerprint density at radius 2 is 2.00 bits per heavy atom. The molecule has 1 saturated heterocycles. The van der Waals surface area contributed by atoms with Gasteiger partial charge >= 0.3 is 5.97 Å². The van der Waals surface area contributed by atoms with Crippen molar-refractivity contribution in [2.45, 2.75) is 19.4 Å². The highest BCUT2D eigenvalue weighted by molar-refractivity contribution is 6.38. The second-order valence-electron chi connectivity index (χ2n) is 5.71. The van der Waals surface area contributed by atoms with Crippen molar-refractivity contribution in [1.82, 2.24) is 9.47 Å². The molecule has 1 aromatic heterocycles. The molecule has 2 unspecified atom stereocenters. The average Bonchev–Trinajstić information content (AvgIpc) is 2.99. The number of aliphatic carboxylic acids is 1. The van der Waals surface area contributed by atoms with Crippen molar-refractivity contribution >= 4 is 34.4 Å². The summed E-state index contributed by atoms with van der Waals surface area (Å²) < 4.78 is 1.78. The minimum atomic E-state index is -0.856. The van der Waals surface area contributed by atoms with E-state index in [1.54, 1.807) is 23.4 Å². The van der Waals surface area contributed by atoms with Gasteiger partial charge in [0.15, 0.2) is 0 Å². The third-order valence-electron chi connectivity index (χ3n) is 4.58. The van der Waals surface area contributed by atoms with Crippen LogP contribution in [0.1, 0.15) is 23.8 Å². The number of carbonyl (C=O) groups excluding carboxylic acids is 1. The van der Waals surface area contributed by atoms with E-state index in [1.807, 2.05) is 24.3 Å². The van der Waals surface area contributed by atoms with Crippen molar-refractivity contribution in [2.75, 3.05) is 6.54 Å². The van der Waals surface area contributed by atoms with Gasteiger partial charge in [-0.15, -0.1) is 0 Å². The lowest BCUT2D eigenvalue weighted by atomic mass is 10.0. The fourth-order valence-corrected chi connectivity index (χ4v) is 3.64. The number of rotatable bonds is 2. The predicted octanol–water partition coefficient (Wildman–Crippen LogP) is 2.77. The van der Waals surface area contributed by atoms with E-state index in [9.17, 15) is 14.7 Å². The topological polar surface area (TPSA) is 62.5 Å². The van der Waals surface area contributed by atoms with E-state index < -0.39 is 11.9 Å². The number of halogens is 1. The van der Waals surface area contributed by atoms with Crippen molar-refractivity contribution in [2.24, 2.45) is 13.0 Å². The normalized spacial score (nSPS) is 21.5. The van der Waals surface area contributed by atoms with E-state index in [1.165, 1.54) is 0 Å². The van der Waals surface area contributed by atoms with E-state index >= 15 is 0 Å². The van der Waals surface area contributed by atoms with Crippen LogP contribution in [-0.2, 0) is 11.8 Å². The molecule has 1 aliphatic heterocycles. The van der Waals surface area contributed by atoms with Gasteiger partial charge in [-0.3, -0.25) is 9.59 Å². The Labute approximate surface area is 133 Å². The Hall–Kier alpha value is -2.01. The van der Waals surface area contributed by atoms with Gasteiger partial charge in [-0.1, -0.05) is 29.8 Å². The highest BCUT2D eigenvalue weighted by Crippen LogP contribution is 2.33. The molecule has 2 heterocycles. The van der Waals surface area contributed by atoms with Crippen LogP contribution in [0.15, 0.2) is 24.3 Å². The Balaban J connectivity index is 2.02. The lowest BCUT2D eigenvalue weighted by molar-refractivity contribution is -0.142. The van der Waals surface area contributed by atoms with Gasteiger partial charge in [0.2, 0.25) is 0 Å². The number of hydrogen-bond acceptors (Lipinski definition) is 2. The number of para-hydroxylation sites is 1. The molecule has 0 aliphatic carbocycles. The Bertz CT molecular complexity index is 729. The lowest BCUT2D eigenvalue weighted by Gasteiger charge is -2.23. The summed E-state index contributed by atoms with van der Waals surface area (Å²) in [4.78, 5) is 25.7. The molecule has 1 amide bonds. The number of nitrogens with zero attached hydrogens (tertiary/aromatic N) is 2. The van der Waals surface area contributed by atoms with Crippen LogP contribution in [0.3, 0.4) is 0 Å². The largest absolute Gasteiger partial charge is 0.481 e. The third-order valence-corrected chi connectivity index (χ3v) is 4.96. The summed E-state index contributed by atoms with van der Waals surface area (Å²) in [5, 5.41) is 10.5. The van der Waals surface area contributed by atoms with Crippen LogP contribution in [0.2, 0.25) is 5.02 Å². The van der Waals surface area contributed by atoms with Crippen LogP contribution >= 0.6 is 11.6 Å². The number of carboxylic acids is 1. The zero-order valence-corrected chi connectivity index (χ0v) is 13.2. The molecule has 1 aliphatic rings. The minimum absolute atomic E-state index is 0.208. The monoisotopic (exact) mass is 320 g/mol. The summed E-state index contributed by atoms with van der Waals surface area (Å²) in [5.41, 5.74) is 1.30. The van der Waals surface area contributed by atoms with Crippen molar-refractivity contribution in [1.29, 1.82) is 0 Å². The summed E-state index contributed by atoms with van der Waals surface area (Å²) in [5.74, 6) is -1.58. The van der Waals surface area contributed by atoms with Crippen LogP contribution in [0.25, 0.3) is 10.9 Å². The summed E-state index contributed by atoms with van der Waals surface area (Å²) in [6.07, 6.45) is 0.476. The van der Waals surface area contributed by atoms with Gasteiger partial charge in [0.05, 0.1) is 10.9 Å². The van der Waals surface area contributed by atoms with Gasteiger partial charge in [0, 0.05) is 30.5 Å². The standard InChI is InChI=1S/C16H17ClN2O3/c1-9-10(16(21)22)7-8-19(9)15(20)14-13(17)11-5-3-4-6-12(11)18(14)2/h3-6,9-10H,7-8H2,1-2H3,(H,21,22). The maximum Gasteiger partial charge on any atom is 0.308 e. The van der Waals surface area contributed by atoms with Gasteiger partial charge in [-0.25, -0.2) is 0 Å². The maximum absolute atomic E-state index is 12.9. The first-order valence-electron chi connectivity index (χ1n) is 7.20. The van der Waals surface area contributed by atoms with Crippen LogP contribution in [0.5, 0.6) is 0 Å². The first-order valence-corrected chi connectivity index (χ1v) is 7.58. The molecule has 0 spiro atoms. The Morgan fingerprint density at radius 1 is 1.32 bits per heavy atom. The van der Waals surface area contributed by atoms with Crippen LogP contribution in [0.4, 0.5) is 0 Å². The maximum atomic E-state index is 12.9. The fraction of sp³-hybridized carbons (Fsp3) is 0.375. The van der Waals surface area contributed by atoms with E-state index in [-0.39, 0.29) is 11.9 Å². The quantitative estimate of drug-likeness (QED) is 0.925. The van der Waals surface area contributed by atoms with E-state index in [0.717, 1.165) is 10.9 Å². The number of benzene rings is 1. The van der Waals surface area contributed by atoms with Crippen LogP contribution in [0, 0.1) is 5.92 Å². The molecule has 0 saturated carbocycles. The number of likely N-dealkylation sites (tertiary alicyclic amines) is 1. The lowest BCUT2D eigenvalue weighted by Crippen LogP contribution is -2.38. The number of carbonyl (C=O) groups is 2. The molecule has 2 atom stereocenters. The Morgan fingerprint density at radius 3 is 2.59 bits per heavy atom. The summed E-state index contributed by atoms with van der Waals surface area (Å²) >= 11 is 6.40. The highest BCUT2D eigenvalue weighted by Gasteiger charge is 2.39. The molecule has 1 N–H and O–H groups in total. The number of amides is 1. The van der Waals surface area contributed by atoms with Crippen molar-refractivity contribution in [3.8, 4) is 0 Å². The SMILES string of the molecule is CC1C(C(=O)O)CCN1C(=O)c1c(Cl)c2ccccc2n1C. The first-order chi connectivity index (χ1) is 10.4. The Kier molecular flexibility index (Phi) is 3.60. The van der Waals surface area contributed by atoms with Gasteiger partial charge < -0.3 is 14.6 Å². The van der Waals surface area contributed by atoms with Crippen LogP contribution < -0.4 is 0 Å². The molecule has 6 heteroatoms. The average molecular weight is 321 g/mol. The number of hydrogen-bond donors (Lipinski definition) is 1. The zero-order chi connectivity index (χ0) is 16.0. The van der Waals surface area contributed by atoms with E-state index in [0.29, 0.717) is 23.7 Å². The summed E-state index contributed by atoms with van der Waals surface area (Å²) in [6, 6.07) is 7.22. The van der Waals surface area contributed by atoms with Crippen LogP contribution in [-0.4, -0.2) is 39.0 Å². The summed E-state index contributed by atoms with van der Waals surface area (Å²) in [7, 11) is 1.80. The van der Waals surface area contributed by atoms with Crippen molar-refractivity contribution in [3.63, 3.8) is 0 Å². The first kappa shape index (κ1) is 14.9. The molecule has 0 radical (unpaired) electrons. The highest BCUT2D eigenvalue weighted by atomic mass is 35.5. The number of carboxylic acid groups (broad SMARTS) is 1. The molecule has 22 heavy (non-hydrogen) atoms. The van der Waals surface area contributed by atoms with Gasteiger partial charge in [0.1, 0.15) is 5.69 Å². The predicted molar refractivity (Wildman–Crippen MR) is 84.2 cm³/mol. The third kappa shape index (κ3) is 2.08. The minimum Gasteiger partial charge on any atom is -0.481 e. The molecule has 1 aromatic carbocycles. The van der Waals surface area contributed by atoms with Gasteiger partial charge in [-0.2, -0.15) is 0 Å². The molecule has 1 fully saturated rings. The fourth-order valence-electron chi connectivity index (χ4n) is 3.28. The van der Waals surface area contributed by atoms with Crippen molar-refractivity contribution in [3.05, 3.63) is 35.0 Å². The van der Waals surface area contributed by atoms with Crippen molar-refractivity contribution < 1.29 is 14.7 Å². The number of aryl methyl sites for hydroxylation is 1. The molecule has 3 rings (SSSR count). The molecular formula is C16H17ClN2O3. The molecule has 2 aromatic rings. The second-order valence-corrected chi connectivity index (χ2v) is 6.09. The number of aromatic nitrogens is 1. The zero-order valence-electron chi connectivity index (χ0n) is 12.4.